The predicted molar refractivity (Wildman–Crippen MR) is 121 cm³/mol. The zero-order valence-electron chi connectivity index (χ0n) is 17.2. The Kier molecular flexibility index (Phi) is 6.77. The van der Waals surface area contributed by atoms with E-state index >= 15 is 0 Å². The lowest BCUT2D eigenvalue weighted by atomic mass is 9.89. The van der Waals surface area contributed by atoms with E-state index in [1.165, 1.54) is 36.1 Å². The third kappa shape index (κ3) is 5.58. The van der Waals surface area contributed by atoms with Gasteiger partial charge in [-0.25, -0.2) is 4.39 Å². The summed E-state index contributed by atoms with van der Waals surface area (Å²) in [5.41, 5.74) is 4.39. The molecule has 0 bridgehead atoms. The summed E-state index contributed by atoms with van der Waals surface area (Å²) in [7, 11) is 0. The van der Waals surface area contributed by atoms with E-state index in [1.807, 2.05) is 17.5 Å². The first kappa shape index (κ1) is 21.2. The van der Waals surface area contributed by atoms with Gasteiger partial charge in [-0.15, -0.1) is 11.3 Å². The van der Waals surface area contributed by atoms with Gasteiger partial charge in [0.2, 0.25) is 11.8 Å². The van der Waals surface area contributed by atoms with Crippen molar-refractivity contribution >= 4 is 23.2 Å². The first-order valence-corrected chi connectivity index (χ1v) is 11.4. The summed E-state index contributed by atoms with van der Waals surface area (Å²) >= 11 is 1.60. The van der Waals surface area contributed by atoms with E-state index in [0.717, 1.165) is 23.3 Å². The van der Waals surface area contributed by atoms with Crippen molar-refractivity contribution in [3.05, 3.63) is 92.9 Å². The molecule has 31 heavy (non-hydrogen) atoms. The van der Waals surface area contributed by atoms with Crippen LogP contribution >= 0.6 is 11.3 Å². The van der Waals surface area contributed by atoms with Crippen molar-refractivity contribution < 1.29 is 14.0 Å². The van der Waals surface area contributed by atoms with Crippen LogP contribution in [0.3, 0.4) is 0 Å². The summed E-state index contributed by atoms with van der Waals surface area (Å²) in [5, 5.41) is 7.69. The van der Waals surface area contributed by atoms with Gasteiger partial charge in [0.15, 0.2) is 0 Å². The SMILES string of the molecule is O=C(Cc1cccc(F)c1)NCC(=O)NC(c1ccc2c(c1)CCCC2)c1cccs1. The maximum absolute atomic E-state index is 13.3. The molecule has 4 nitrogen and oxygen atoms in total. The molecule has 1 aliphatic carbocycles. The van der Waals surface area contributed by atoms with E-state index in [4.69, 9.17) is 0 Å². The van der Waals surface area contributed by atoms with Crippen LogP contribution < -0.4 is 10.6 Å². The van der Waals surface area contributed by atoms with E-state index in [9.17, 15) is 14.0 Å². The molecule has 3 aromatic rings. The van der Waals surface area contributed by atoms with Gasteiger partial charge in [-0.2, -0.15) is 0 Å². The van der Waals surface area contributed by atoms with Crippen molar-refractivity contribution in [3.8, 4) is 0 Å². The minimum absolute atomic E-state index is 0.0320. The molecule has 0 saturated carbocycles. The Morgan fingerprint density at radius 3 is 2.58 bits per heavy atom. The van der Waals surface area contributed by atoms with Gasteiger partial charge in [0.05, 0.1) is 19.0 Å². The summed E-state index contributed by atoms with van der Waals surface area (Å²) in [4.78, 5) is 25.9. The Bertz CT molecular complexity index is 1070. The quantitative estimate of drug-likeness (QED) is 0.579. The topological polar surface area (TPSA) is 58.2 Å². The normalized spacial score (nSPS) is 13.8. The van der Waals surface area contributed by atoms with Crippen molar-refractivity contribution in [2.24, 2.45) is 0 Å². The molecule has 0 fully saturated rings. The van der Waals surface area contributed by atoms with Gasteiger partial charge in [0, 0.05) is 4.88 Å². The van der Waals surface area contributed by atoms with Crippen LogP contribution in [0.1, 0.15) is 46.0 Å². The number of hydrogen-bond donors (Lipinski definition) is 2. The van der Waals surface area contributed by atoms with E-state index in [-0.39, 0.29) is 36.6 Å². The summed E-state index contributed by atoms with van der Waals surface area (Å²) in [6.45, 7) is -0.124. The van der Waals surface area contributed by atoms with Crippen LogP contribution in [0.4, 0.5) is 4.39 Å². The highest BCUT2D eigenvalue weighted by Crippen LogP contribution is 2.30. The van der Waals surface area contributed by atoms with Gasteiger partial charge >= 0.3 is 0 Å². The number of aryl methyl sites for hydroxylation is 2. The molecule has 1 aromatic heterocycles. The van der Waals surface area contributed by atoms with E-state index < -0.39 is 0 Å². The highest BCUT2D eigenvalue weighted by Gasteiger charge is 2.20. The minimum Gasteiger partial charge on any atom is -0.347 e. The van der Waals surface area contributed by atoms with Gasteiger partial charge in [-0.05, 0) is 71.5 Å². The molecule has 2 aromatic carbocycles. The Morgan fingerprint density at radius 1 is 0.968 bits per heavy atom. The highest BCUT2D eigenvalue weighted by molar-refractivity contribution is 7.10. The van der Waals surface area contributed by atoms with Crippen LogP contribution in [0.25, 0.3) is 0 Å². The monoisotopic (exact) mass is 436 g/mol. The maximum atomic E-state index is 13.3. The van der Waals surface area contributed by atoms with Gasteiger partial charge in [-0.3, -0.25) is 9.59 Å². The van der Waals surface area contributed by atoms with Gasteiger partial charge in [-0.1, -0.05) is 36.4 Å². The van der Waals surface area contributed by atoms with Crippen LogP contribution in [-0.2, 0) is 28.9 Å². The van der Waals surface area contributed by atoms with Crippen molar-refractivity contribution in [1.82, 2.24) is 10.6 Å². The number of hydrogen-bond acceptors (Lipinski definition) is 3. The number of thiophene rings is 1. The van der Waals surface area contributed by atoms with Gasteiger partial charge in [0.1, 0.15) is 5.82 Å². The molecule has 4 rings (SSSR count). The first-order chi connectivity index (χ1) is 15.1. The summed E-state index contributed by atoms with van der Waals surface area (Å²) < 4.78 is 13.3. The molecule has 0 radical (unpaired) electrons. The zero-order valence-corrected chi connectivity index (χ0v) is 18.0. The summed E-state index contributed by atoms with van der Waals surface area (Å²) in [6.07, 6.45) is 4.65. The molecule has 1 unspecified atom stereocenters. The second-order valence-corrected chi connectivity index (χ2v) is 8.81. The summed E-state index contributed by atoms with van der Waals surface area (Å²) in [6, 6.07) is 16.1. The number of carbonyl (C=O) groups excluding carboxylic acids is 2. The average Bonchev–Trinajstić information content (AvgIpc) is 3.30. The molecule has 0 spiro atoms. The molecule has 0 aliphatic heterocycles. The van der Waals surface area contributed by atoms with Crippen LogP contribution in [0.2, 0.25) is 0 Å². The number of nitrogens with one attached hydrogen (secondary N) is 2. The van der Waals surface area contributed by atoms with Crippen LogP contribution in [0.5, 0.6) is 0 Å². The predicted octanol–water partition coefficient (Wildman–Crippen LogP) is 4.33. The third-order valence-electron chi connectivity index (χ3n) is 5.54. The number of benzene rings is 2. The van der Waals surface area contributed by atoms with E-state index in [1.54, 1.807) is 23.5 Å². The first-order valence-electron chi connectivity index (χ1n) is 10.5. The molecule has 6 heteroatoms. The van der Waals surface area contributed by atoms with E-state index in [0.29, 0.717) is 5.56 Å². The molecule has 2 amide bonds. The molecule has 1 heterocycles. The van der Waals surface area contributed by atoms with Gasteiger partial charge < -0.3 is 10.6 Å². The number of carbonyl (C=O) groups is 2. The Balaban J connectivity index is 1.40. The number of halogens is 1. The molecule has 2 N–H and O–H groups in total. The third-order valence-corrected chi connectivity index (χ3v) is 6.48. The lowest BCUT2D eigenvalue weighted by Crippen LogP contribution is -2.39. The molecular weight excluding hydrogens is 411 g/mol. The molecular formula is C25H25FN2O2S. The Labute approximate surface area is 185 Å². The van der Waals surface area contributed by atoms with E-state index in [2.05, 4.69) is 28.8 Å². The minimum atomic E-state index is -0.383. The maximum Gasteiger partial charge on any atom is 0.240 e. The lowest BCUT2D eigenvalue weighted by molar-refractivity contribution is -0.126. The molecule has 160 valence electrons. The number of rotatable bonds is 7. The van der Waals surface area contributed by atoms with Crippen molar-refractivity contribution in [2.75, 3.05) is 6.54 Å². The standard InChI is InChI=1S/C25H25FN2O2S/c26-21-8-3-5-17(13-21)14-23(29)27-16-24(30)28-25(22-9-4-12-31-22)20-11-10-18-6-1-2-7-19(18)15-20/h3-5,8-13,15,25H,1-2,6-7,14,16H2,(H,27,29)(H,28,30). The highest BCUT2D eigenvalue weighted by atomic mass is 32.1. The van der Waals surface area contributed by atoms with Crippen LogP contribution in [0.15, 0.2) is 60.0 Å². The summed E-state index contributed by atoms with van der Waals surface area (Å²) in [5.74, 6) is -0.960. The Morgan fingerprint density at radius 2 is 1.81 bits per heavy atom. The van der Waals surface area contributed by atoms with Crippen molar-refractivity contribution in [1.29, 1.82) is 0 Å². The largest absolute Gasteiger partial charge is 0.347 e. The number of amides is 2. The molecule has 0 saturated heterocycles. The zero-order chi connectivity index (χ0) is 21.6. The Hall–Kier alpha value is -2.99. The van der Waals surface area contributed by atoms with Crippen molar-refractivity contribution in [3.63, 3.8) is 0 Å². The number of fused-ring (bicyclic) bond motifs is 1. The smallest absolute Gasteiger partial charge is 0.240 e. The second kappa shape index (κ2) is 9.88. The van der Waals surface area contributed by atoms with Crippen LogP contribution in [0, 0.1) is 5.82 Å². The fourth-order valence-electron chi connectivity index (χ4n) is 3.99. The molecule has 1 atom stereocenters. The second-order valence-electron chi connectivity index (χ2n) is 7.83. The fraction of sp³-hybridized carbons (Fsp3) is 0.280. The van der Waals surface area contributed by atoms with Gasteiger partial charge in [0.25, 0.3) is 0 Å². The fourth-order valence-corrected chi connectivity index (χ4v) is 4.80. The average molecular weight is 437 g/mol. The lowest BCUT2D eigenvalue weighted by Gasteiger charge is -2.22. The van der Waals surface area contributed by atoms with Crippen LogP contribution in [-0.4, -0.2) is 18.4 Å². The van der Waals surface area contributed by atoms with Crippen molar-refractivity contribution in [2.45, 2.75) is 38.1 Å². The molecule has 1 aliphatic rings.